The zero-order chi connectivity index (χ0) is 15.8. The molecule has 0 fully saturated rings. The molecule has 0 unspecified atom stereocenters. The third kappa shape index (κ3) is 4.67. The predicted molar refractivity (Wildman–Crippen MR) is 84.5 cm³/mol. The summed E-state index contributed by atoms with van der Waals surface area (Å²) in [6.45, 7) is 3.07. The van der Waals surface area contributed by atoms with Crippen LogP contribution in [-0.2, 0) is 22.5 Å². The molecule has 0 saturated carbocycles. The van der Waals surface area contributed by atoms with Crippen LogP contribution in [0.5, 0.6) is 0 Å². The Kier molecular flexibility index (Phi) is 6.10. The first-order valence-corrected chi connectivity index (χ1v) is 7.34. The molecular weight excluding hydrogens is 278 g/mol. The molecule has 1 aromatic carbocycles. The summed E-state index contributed by atoms with van der Waals surface area (Å²) in [7, 11) is 1.36. The number of nitrogens with zero attached hydrogens (tertiary/aromatic N) is 1. The number of methoxy groups -OCH3 is 1. The summed E-state index contributed by atoms with van der Waals surface area (Å²) in [5.74, 6) is 0.0109. The van der Waals surface area contributed by atoms with Gasteiger partial charge in [0, 0.05) is 12.8 Å². The van der Waals surface area contributed by atoms with E-state index in [1.54, 1.807) is 18.3 Å². The van der Waals surface area contributed by atoms with Crippen LogP contribution in [0.25, 0.3) is 0 Å². The van der Waals surface area contributed by atoms with Crippen molar-refractivity contribution in [2.45, 2.75) is 20.0 Å². The lowest BCUT2D eigenvalue weighted by Crippen LogP contribution is -2.12. The average molecular weight is 299 g/mol. The molecule has 2 rings (SSSR count). The van der Waals surface area contributed by atoms with Gasteiger partial charge in [-0.2, -0.15) is 0 Å². The first-order valence-electron chi connectivity index (χ1n) is 7.34. The summed E-state index contributed by atoms with van der Waals surface area (Å²) in [5, 5.41) is 0. The maximum Gasteiger partial charge on any atom is 0.339 e. The van der Waals surface area contributed by atoms with Crippen molar-refractivity contribution in [3.8, 4) is 0 Å². The number of rotatable bonds is 7. The Morgan fingerprint density at radius 1 is 1.18 bits per heavy atom. The first-order chi connectivity index (χ1) is 10.7. The summed E-state index contributed by atoms with van der Waals surface area (Å²) in [6, 6.07) is 13.7. The number of carbonyl (C=O) groups excluding carboxylic acids is 1. The van der Waals surface area contributed by atoms with E-state index in [0.29, 0.717) is 30.4 Å². The normalized spacial score (nSPS) is 11.9. The van der Waals surface area contributed by atoms with Crippen LogP contribution in [0, 0.1) is 5.92 Å². The number of pyridine rings is 1. The zero-order valence-electron chi connectivity index (χ0n) is 13.0. The van der Waals surface area contributed by atoms with Crippen molar-refractivity contribution in [3.63, 3.8) is 0 Å². The smallest absolute Gasteiger partial charge is 0.339 e. The number of hydrogen-bond donors (Lipinski definition) is 0. The number of aromatic nitrogens is 1. The van der Waals surface area contributed by atoms with E-state index in [9.17, 15) is 4.79 Å². The van der Waals surface area contributed by atoms with Crippen molar-refractivity contribution in [1.29, 1.82) is 0 Å². The standard InChI is InChI=1S/C18H21NO3/c1-14(11-15-7-4-3-5-8-15)12-22-13-17-16(18(20)21-2)9-6-10-19-17/h3-10,14H,11-13H2,1-2H3/t14-/m1/s1. The Hall–Kier alpha value is -2.20. The van der Waals surface area contributed by atoms with E-state index in [0.717, 1.165) is 6.42 Å². The first kappa shape index (κ1) is 16.2. The van der Waals surface area contributed by atoms with Gasteiger partial charge in [0.2, 0.25) is 0 Å². The minimum Gasteiger partial charge on any atom is -0.465 e. The molecule has 0 bridgehead atoms. The highest BCUT2D eigenvalue weighted by Gasteiger charge is 2.13. The fourth-order valence-corrected chi connectivity index (χ4v) is 2.28. The molecule has 2 aromatic rings. The Morgan fingerprint density at radius 3 is 2.68 bits per heavy atom. The van der Waals surface area contributed by atoms with Gasteiger partial charge in [-0.05, 0) is 30.0 Å². The lowest BCUT2D eigenvalue weighted by Gasteiger charge is -2.13. The van der Waals surface area contributed by atoms with E-state index in [1.807, 2.05) is 18.2 Å². The van der Waals surface area contributed by atoms with Crippen LogP contribution < -0.4 is 0 Å². The molecule has 0 aliphatic heterocycles. The van der Waals surface area contributed by atoms with Gasteiger partial charge in [-0.15, -0.1) is 0 Å². The van der Waals surface area contributed by atoms with Gasteiger partial charge in [0.05, 0.1) is 25.0 Å². The Labute approximate surface area is 131 Å². The van der Waals surface area contributed by atoms with Gasteiger partial charge < -0.3 is 9.47 Å². The highest BCUT2D eigenvalue weighted by molar-refractivity contribution is 5.90. The van der Waals surface area contributed by atoms with Crippen molar-refractivity contribution in [2.75, 3.05) is 13.7 Å². The second kappa shape index (κ2) is 8.29. The maximum absolute atomic E-state index is 11.7. The van der Waals surface area contributed by atoms with Gasteiger partial charge in [-0.1, -0.05) is 37.3 Å². The number of benzene rings is 1. The largest absolute Gasteiger partial charge is 0.465 e. The van der Waals surface area contributed by atoms with Gasteiger partial charge in [0.15, 0.2) is 0 Å². The van der Waals surface area contributed by atoms with E-state index in [-0.39, 0.29) is 5.97 Å². The van der Waals surface area contributed by atoms with Gasteiger partial charge in [0.1, 0.15) is 0 Å². The molecular formula is C18H21NO3. The maximum atomic E-state index is 11.7. The number of hydrogen-bond acceptors (Lipinski definition) is 4. The van der Waals surface area contributed by atoms with Crippen LogP contribution in [0.15, 0.2) is 48.7 Å². The van der Waals surface area contributed by atoms with Crippen LogP contribution >= 0.6 is 0 Å². The summed E-state index contributed by atoms with van der Waals surface area (Å²) in [5.41, 5.74) is 2.37. The fraction of sp³-hybridized carbons (Fsp3) is 0.333. The van der Waals surface area contributed by atoms with Gasteiger partial charge in [0.25, 0.3) is 0 Å². The van der Waals surface area contributed by atoms with Crippen molar-refractivity contribution in [3.05, 3.63) is 65.5 Å². The second-order valence-corrected chi connectivity index (χ2v) is 5.30. The van der Waals surface area contributed by atoms with Crippen molar-refractivity contribution in [1.82, 2.24) is 4.98 Å². The molecule has 0 aliphatic rings. The molecule has 0 saturated heterocycles. The molecule has 0 amide bonds. The van der Waals surface area contributed by atoms with E-state index < -0.39 is 0 Å². The van der Waals surface area contributed by atoms with Crippen LogP contribution in [0.4, 0.5) is 0 Å². The summed E-state index contributed by atoms with van der Waals surface area (Å²) < 4.78 is 10.5. The van der Waals surface area contributed by atoms with Gasteiger partial charge >= 0.3 is 5.97 Å². The monoisotopic (exact) mass is 299 g/mol. The topological polar surface area (TPSA) is 48.4 Å². The number of carbonyl (C=O) groups is 1. The van der Waals surface area contributed by atoms with Crippen LogP contribution in [0.3, 0.4) is 0 Å². The fourth-order valence-electron chi connectivity index (χ4n) is 2.28. The molecule has 0 aliphatic carbocycles. The number of ether oxygens (including phenoxy) is 2. The molecule has 4 nitrogen and oxygen atoms in total. The SMILES string of the molecule is COC(=O)c1cccnc1COC[C@H](C)Cc1ccccc1. The molecule has 1 heterocycles. The number of esters is 1. The van der Waals surface area contributed by atoms with E-state index in [1.165, 1.54) is 12.7 Å². The van der Waals surface area contributed by atoms with Gasteiger partial charge in [-0.3, -0.25) is 4.98 Å². The van der Waals surface area contributed by atoms with Crippen molar-refractivity contribution < 1.29 is 14.3 Å². The predicted octanol–water partition coefficient (Wildman–Crippen LogP) is 3.26. The lowest BCUT2D eigenvalue weighted by atomic mass is 10.0. The summed E-state index contributed by atoms with van der Waals surface area (Å²) in [6.07, 6.45) is 2.62. The summed E-state index contributed by atoms with van der Waals surface area (Å²) in [4.78, 5) is 15.9. The molecule has 1 atom stereocenters. The highest BCUT2D eigenvalue weighted by Crippen LogP contribution is 2.12. The molecule has 1 aromatic heterocycles. The third-order valence-electron chi connectivity index (χ3n) is 3.36. The minimum absolute atomic E-state index is 0.310. The molecule has 0 radical (unpaired) electrons. The summed E-state index contributed by atoms with van der Waals surface area (Å²) >= 11 is 0. The van der Waals surface area contributed by atoms with Crippen molar-refractivity contribution in [2.24, 2.45) is 5.92 Å². The Bertz CT molecular complexity index is 598. The Balaban J connectivity index is 1.85. The van der Waals surface area contributed by atoms with Crippen molar-refractivity contribution >= 4 is 5.97 Å². The molecule has 0 spiro atoms. The second-order valence-electron chi connectivity index (χ2n) is 5.30. The van der Waals surface area contributed by atoms with Crippen LogP contribution in [0.2, 0.25) is 0 Å². The lowest BCUT2D eigenvalue weighted by molar-refractivity contribution is 0.0584. The zero-order valence-corrected chi connectivity index (χ0v) is 13.0. The van der Waals surface area contributed by atoms with E-state index in [2.05, 4.69) is 24.0 Å². The molecule has 22 heavy (non-hydrogen) atoms. The minimum atomic E-state index is -0.385. The average Bonchev–Trinajstić information content (AvgIpc) is 2.55. The molecule has 4 heteroatoms. The molecule has 116 valence electrons. The molecule has 0 N–H and O–H groups in total. The quantitative estimate of drug-likeness (QED) is 0.736. The van der Waals surface area contributed by atoms with Crippen LogP contribution in [0.1, 0.15) is 28.5 Å². The van der Waals surface area contributed by atoms with Gasteiger partial charge in [-0.25, -0.2) is 4.79 Å². The third-order valence-corrected chi connectivity index (χ3v) is 3.36. The van der Waals surface area contributed by atoms with E-state index in [4.69, 9.17) is 9.47 Å². The highest BCUT2D eigenvalue weighted by atomic mass is 16.5. The van der Waals surface area contributed by atoms with Crippen LogP contribution in [-0.4, -0.2) is 24.7 Å². The Morgan fingerprint density at radius 2 is 1.95 bits per heavy atom. The van der Waals surface area contributed by atoms with E-state index >= 15 is 0 Å².